The average Bonchev–Trinajstić information content (AvgIpc) is 2.88. The van der Waals surface area contributed by atoms with E-state index < -0.39 is 0 Å². The fourth-order valence-electron chi connectivity index (χ4n) is 1.54. The predicted molar refractivity (Wildman–Crippen MR) is 73.7 cm³/mol. The van der Waals surface area contributed by atoms with Crippen LogP contribution in [0.3, 0.4) is 0 Å². The van der Waals surface area contributed by atoms with Gasteiger partial charge in [-0.25, -0.2) is 0 Å². The van der Waals surface area contributed by atoms with Gasteiger partial charge in [-0.2, -0.15) is 23.5 Å². The van der Waals surface area contributed by atoms with Crippen molar-refractivity contribution in [1.29, 1.82) is 0 Å². The van der Waals surface area contributed by atoms with Crippen molar-refractivity contribution in [2.24, 2.45) is 0 Å². The van der Waals surface area contributed by atoms with Crippen LogP contribution in [0.15, 0.2) is 48.6 Å². The summed E-state index contributed by atoms with van der Waals surface area (Å²) in [4.78, 5) is 0. The molecule has 0 saturated carbocycles. The van der Waals surface area contributed by atoms with Gasteiger partial charge in [-0.1, -0.05) is 48.6 Å². The minimum Gasteiger partial charge on any atom is -0.150 e. The Hall–Kier alpha value is -0.340. The Morgan fingerprint density at radius 2 is 1.07 bits per heavy atom. The van der Waals surface area contributed by atoms with E-state index in [2.05, 4.69) is 48.6 Å². The highest BCUT2D eigenvalue weighted by molar-refractivity contribution is 8.01. The fourth-order valence-corrected chi connectivity index (χ4v) is 3.70. The summed E-state index contributed by atoms with van der Waals surface area (Å²) in [5.41, 5.74) is 0. The highest BCUT2D eigenvalue weighted by Gasteiger charge is 2.05. The van der Waals surface area contributed by atoms with Gasteiger partial charge in [0.2, 0.25) is 0 Å². The van der Waals surface area contributed by atoms with Gasteiger partial charge in [0.05, 0.1) is 0 Å². The molecule has 0 radical (unpaired) electrons. The van der Waals surface area contributed by atoms with E-state index in [1.54, 1.807) is 0 Å². The first-order valence-electron chi connectivity index (χ1n) is 5.38. The molecule has 2 heteroatoms. The second-order valence-corrected chi connectivity index (χ2v) is 6.14. The first-order chi connectivity index (χ1) is 7.45. The molecular formula is C13H16S2. The SMILES string of the molecule is C1=CC(SCCCSC2C=CC=C2)C=C1. The van der Waals surface area contributed by atoms with E-state index in [4.69, 9.17) is 0 Å². The number of thioether (sulfide) groups is 2. The summed E-state index contributed by atoms with van der Waals surface area (Å²) < 4.78 is 0. The zero-order valence-corrected chi connectivity index (χ0v) is 10.3. The van der Waals surface area contributed by atoms with Gasteiger partial charge in [-0.15, -0.1) is 0 Å². The maximum absolute atomic E-state index is 2.26. The lowest BCUT2D eigenvalue weighted by Gasteiger charge is -2.06. The quantitative estimate of drug-likeness (QED) is 0.643. The lowest BCUT2D eigenvalue weighted by Crippen LogP contribution is -1.96. The van der Waals surface area contributed by atoms with Gasteiger partial charge in [0.15, 0.2) is 0 Å². The first-order valence-corrected chi connectivity index (χ1v) is 7.48. The van der Waals surface area contributed by atoms with Gasteiger partial charge < -0.3 is 0 Å². The third-order valence-corrected chi connectivity index (χ3v) is 4.78. The number of rotatable bonds is 6. The number of hydrogen-bond acceptors (Lipinski definition) is 2. The molecule has 80 valence electrons. The van der Waals surface area contributed by atoms with Crippen molar-refractivity contribution in [3.63, 3.8) is 0 Å². The Balaban J connectivity index is 1.48. The molecular weight excluding hydrogens is 220 g/mol. The molecule has 2 aliphatic rings. The monoisotopic (exact) mass is 236 g/mol. The van der Waals surface area contributed by atoms with Crippen molar-refractivity contribution in [1.82, 2.24) is 0 Å². The van der Waals surface area contributed by atoms with Crippen LogP contribution in [0.2, 0.25) is 0 Å². The summed E-state index contributed by atoms with van der Waals surface area (Å²) in [5.74, 6) is 2.54. The minimum absolute atomic E-state index is 0.640. The zero-order chi connectivity index (χ0) is 10.3. The largest absolute Gasteiger partial charge is 0.150 e. The normalized spacial score (nSPS) is 19.7. The summed E-state index contributed by atoms with van der Waals surface area (Å²) in [6, 6.07) is 0. The van der Waals surface area contributed by atoms with E-state index in [-0.39, 0.29) is 0 Å². The van der Waals surface area contributed by atoms with E-state index in [0.29, 0.717) is 10.5 Å². The lowest BCUT2D eigenvalue weighted by atomic mass is 10.5. The summed E-state index contributed by atoms with van der Waals surface area (Å²) >= 11 is 4.09. The Kier molecular flexibility index (Phi) is 4.68. The molecule has 15 heavy (non-hydrogen) atoms. The van der Waals surface area contributed by atoms with Crippen molar-refractivity contribution < 1.29 is 0 Å². The maximum atomic E-state index is 2.26. The third kappa shape index (κ3) is 3.96. The maximum Gasteiger partial charge on any atom is 0.0413 e. The van der Waals surface area contributed by atoms with Crippen molar-refractivity contribution in [3.05, 3.63) is 48.6 Å². The zero-order valence-electron chi connectivity index (χ0n) is 8.71. The molecule has 0 aromatic carbocycles. The van der Waals surface area contributed by atoms with Crippen molar-refractivity contribution in [2.45, 2.75) is 16.9 Å². The van der Waals surface area contributed by atoms with E-state index in [1.807, 2.05) is 23.5 Å². The summed E-state index contributed by atoms with van der Waals surface area (Å²) in [6.07, 6.45) is 18.9. The molecule has 0 heterocycles. The second kappa shape index (κ2) is 6.29. The third-order valence-electron chi connectivity index (χ3n) is 2.33. The van der Waals surface area contributed by atoms with Crippen LogP contribution >= 0.6 is 23.5 Å². The molecule has 0 nitrogen and oxygen atoms in total. The molecule has 2 aliphatic carbocycles. The van der Waals surface area contributed by atoms with E-state index in [1.165, 1.54) is 17.9 Å². The minimum atomic E-state index is 0.640. The molecule has 0 spiro atoms. The highest BCUT2D eigenvalue weighted by Crippen LogP contribution is 2.22. The van der Waals surface area contributed by atoms with Crippen LogP contribution in [-0.2, 0) is 0 Å². The molecule has 0 aromatic rings. The molecule has 2 rings (SSSR count). The molecule has 0 amide bonds. The Labute approximate surface area is 101 Å². The van der Waals surface area contributed by atoms with Crippen LogP contribution in [-0.4, -0.2) is 22.0 Å². The number of hydrogen-bond donors (Lipinski definition) is 0. The summed E-state index contributed by atoms with van der Waals surface area (Å²) in [5, 5.41) is 1.28. The fraction of sp³-hybridized carbons (Fsp3) is 0.385. The Morgan fingerprint density at radius 1 is 0.667 bits per heavy atom. The Morgan fingerprint density at radius 3 is 1.47 bits per heavy atom. The van der Waals surface area contributed by atoms with Crippen LogP contribution in [0.5, 0.6) is 0 Å². The van der Waals surface area contributed by atoms with Gasteiger partial charge in [0.1, 0.15) is 0 Å². The van der Waals surface area contributed by atoms with Crippen molar-refractivity contribution >= 4 is 23.5 Å². The van der Waals surface area contributed by atoms with Crippen LogP contribution in [0, 0.1) is 0 Å². The van der Waals surface area contributed by atoms with Gasteiger partial charge in [-0.3, -0.25) is 0 Å². The molecule has 0 bridgehead atoms. The van der Waals surface area contributed by atoms with Gasteiger partial charge in [0.25, 0.3) is 0 Å². The van der Waals surface area contributed by atoms with E-state index in [9.17, 15) is 0 Å². The molecule has 0 fully saturated rings. The van der Waals surface area contributed by atoms with Crippen LogP contribution < -0.4 is 0 Å². The standard InChI is InChI=1S/C13H16S2/c1-2-7-12(6-1)14-10-5-11-15-13-8-3-4-9-13/h1-4,6-9,12-13H,5,10-11H2. The summed E-state index contributed by atoms with van der Waals surface area (Å²) in [6.45, 7) is 0. The topological polar surface area (TPSA) is 0 Å². The average molecular weight is 236 g/mol. The molecule has 0 N–H and O–H groups in total. The van der Waals surface area contributed by atoms with Crippen LogP contribution in [0.4, 0.5) is 0 Å². The highest BCUT2D eigenvalue weighted by atomic mass is 32.2. The van der Waals surface area contributed by atoms with E-state index in [0.717, 1.165) is 0 Å². The Bertz CT molecular complexity index is 246. The van der Waals surface area contributed by atoms with Crippen LogP contribution in [0.25, 0.3) is 0 Å². The van der Waals surface area contributed by atoms with E-state index >= 15 is 0 Å². The predicted octanol–water partition coefficient (Wildman–Crippen LogP) is 3.83. The smallest absolute Gasteiger partial charge is 0.0413 e. The first kappa shape index (κ1) is 11.2. The molecule has 0 saturated heterocycles. The van der Waals surface area contributed by atoms with Gasteiger partial charge in [-0.05, 0) is 17.9 Å². The van der Waals surface area contributed by atoms with Crippen molar-refractivity contribution in [3.8, 4) is 0 Å². The molecule has 0 aliphatic heterocycles. The molecule has 0 unspecified atom stereocenters. The van der Waals surface area contributed by atoms with Gasteiger partial charge in [0, 0.05) is 10.5 Å². The second-order valence-electron chi connectivity index (χ2n) is 3.56. The summed E-state index contributed by atoms with van der Waals surface area (Å²) in [7, 11) is 0. The molecule has 0 atom stereocenters. The van der Waals surface area contributed by atoms with Gasteiger partial charge >= 0.3 is 0 Å². The lowest BCUT2D eigenvalue weighted by molar-refractivity contribution is 1.12. The molecule has 0 aromatic heterocycles. The number of allylic oxidation sites excluding steroid dienone is 4. The van der Waals surface area contributed by atoms with Crippen LogP contribution in [0.1, 0.15) is 6.42 Å². The van der Waals surface area contributed by atoms with Crippen molar-refractivity contribution in [2.75, 3.05) is 11.5 Å².